The molecule has 0 saturated carbocycles. The molecule has 2 N–H and O–H groups in total. The van der Waals surface area contributed by atoms with E-state index < -0.39 is 0 Å². The van der Waals surface area contributed by atoms with Crippen molar-refractivity contribution in [3.05, 3.63) is 24.2 Å². The van der Waals surface area contributed by atoms with Crippen LogP contribution in [0.3, 0.4) is 0 Å². The Morgan fingerprint density at radius 2 is 2.05 bits per heavy atom. The number of methoxy groups -OCH3 is 1. The maximum absolute atomic E-state index is 5.94. The lowest BCUT2D eigenvalue weighted by Crippen LogP contribution is -2.16. The monoisotopic (exact) mass is 284 g/mol. The summed E-state index contributed by atoms with van der Waals surface area (Å²) in [6.45, 7) is 4.01. The molecule has 2 aromatic heterocycles. The number of ether oxygens (including phenoxy) is 1. The third kappa shape index (κ3) is 3.42. The van der Waals surface area contributed by atoms with Crippen LogP contribution in [0.25, 0.3) is 11.4 Å². The first-order valence-electron chi connectivity index (χ1n) is 5.71. The molecule has 6 nitrogen and oxygen atoms in total. The van der Waals surface area contributed by atoms with Gasteiger partial charge in [-0.15, -0.1) is 12.4 Å². The smallest absolute Gasteiger partial charge is 0.244 e. The van der Waals surface area contributed by atoms with Gasteiger partial charge < -0.3 is 15.0 Å². The molecule has 104 valence electrons. The molecule has 0 aliphatic carbocycles. The van der Waals surface area contributed by atoms with E-state index in [0.717, 1.165) is 5.56 Å². The Hall–Kier alpha value is -1.66. The van der Waals surface area contributed by atoms with Crippen molar-refractivity contribution in [1.29, 1.82) is 0 Å². The van der Waals surface area contributed by atoms with Crippen molar-refractivity contribution < 1.29 is 9.26 Å². The van der Waals surface area contributed by atoms with E-state index in [1.54, 1.807) is 19.4 Å². The van der Waals surface area contributed by atoms with Crippen LogP contribution in [-0.2, 0) is 0 Å². The van der Waals surface area contributed by atoms with Gasteiger partial charge in [0.05, 0.1) is 13.2 Å². The lowest BCUT2D eigenvalue weighted by molar-refractivity contribution is 0.325. The fraction of sp³-hybridized carbons (Fsp3) is 0.417. The zero-order chi connectivity index (χ0) is 13.1. The zero-order valence-corrected chi connectivity index (χ0v) is 11.8. The van der Waals surface area contributed by atoms with Crippen LogP contribution in [0.2, 0.25) is 0 Å². The van der Waals surface area contributed by atoms with E-state index in [-0.39, 0.29) is 24.4 Å². The first-order valence-corrected chi connectivity index (χ1v) is 5.71. The van der Waals surface area contributed by atoms with E-state index in [2.05, 4.69) is 15.1 Å². The molecular formula is C12H17ClN4O2. The molecule has 0 spiro atoms. The first-order chi connectivity index (χ1) is 8.61. The average molecular weight is 285 g/mol. The first kappa shape index (κ1) is 15.4. The van der Waals surface area contributed by atoms with Gasteiger partial charge in [0.2, 0.25) is 17.6 Å². The Labute approximate surface area is 117 Å². The number of hydrogen-bond acceptors (Lipinski definition) is 6. The van der Waals surface area contributed by atoms with Crippen molar-refractivity contribution in [2.75, 3.05) is 7.11 Å². The molecule has 7 heteroatoms. The van der Waals surface area contributed by atoms with Crippen LogP contribution in [0.15, 0.2) is 22.9 Å². The largest absolute Gasteiger partial charge is 0.481 e. The van der Waals surface area contributed by atoms with Gasteiger partial charge >= 0.3 is 0 Å². The molecule has 19 heavy (non-hydrogen) atoms. The lowest BCUT2D eigenvalue weighted by Gasteiger charge is -2.09. The van der Waals surface area contributed by atoms with Crippen LogP contribution >= 0.6 is 12.4 Å². The summed E-state index contributed by atoms with van der Waals surface area (Å²) in [5.74, 6) is 1.71. The van der Waals surface area contributed by atoms with Crippen LogP contribution in [0.1, 0.15) is 25.8 Å². The van der Waals surface area contributed by atoms with Gasteiger partial charge in [-0.1, -0.05) is 19.0 Å². The summed E-state index contributed by atoms with van der Waals surface area (Å²) in [6, 6.07) is 3.31. The normalized spacial score (nSPS) is 12.1. The molecule has 0 aliphatic heterocycles. The highest BCUT2D eigenvalue weighted by Crippen LogP contribution is 2.21. The third-order valence-electron chi connectivity index (χ3n) is 2.65. The Morgan fingerprint density at radius 1 is 1.32 bits per heavy atom. The highest BCUT2D eigenvalue weighted by Gasteiger charge is 2.18. The van der Waals surface area contributed by atoms with Crippen molar-refractivity contribution in [3.63, 3.8) is 0 Å². The highest BCUT2D eigenvalue weighted by atomic mass is 35.5. The van der Waals surface area contributed by atoms with Gasteiger partial charge in [0, 0.05) is 17.8 Å². The van der Waals surface area contributed by atoms with Crippen molar-refractivity contribution in [2.45, 2.75) is 19.9 Å². The summed E-state index contributed by atoms with van der Waals surface area (Å²) in [4.78, 5) is 8.36. The van der Waals surface area contributed by atoms with Crippen molar-refractivity contribution >= 4 is 12.4 Å². The maximum Gasteiger partial charge on any atom is 0.244 e. The van der Waals surface area contributed by atoms with Gasteiger partial charge in [-0.3, -0.25) is 0 Å². The van der Waals surface area contributed by atoms with E-state index in [4.69, 9.17) is 15.0 Å². The summed E-state index contributed by atoms with van der Waals surface area (Å²) in [7, 11) is 1.57. The van der Waals surface area contributed by atoms with Gasteiger partial charge in [-0.2, -0.15) is 4.98 Å². The van der Waals surface area contributed by atoms with Crippen LogP contribution in [0.4, 0.5) is 0 Å². The molecule has 2 aromatic rings. The van der Waals surface area contributed by atoms with Crippen molar-refractivity contribution in [1.82, 2.24) is 15.1 Å². The number of aromatic nitrogens is 3. The predicted octanol–water partition coefficient (Wildman–Crippen LogP) is 2.22. The Bertz CT molecular complexity index is 513. The topological polar surface area (TPSA) is 87.1 Å². The summed E-state index contributed by atoms with van der Waals surface area (Å²) < 4.78 is 10.1. The lowest BCUT2D eigenvalue weighted by atomic mass is 10.1. The number of pyridine rings is 1. The average Bonchev–Trinajstić information content (AvgIpc) is 2.87. The van der Waals surface area contributed by atoms with Crippen molar-refractivity contribution in [2.24, 2.45) is 11.7 Å². The summed E-state index contributed by atoms with van der Waals surface area (Å²) in [5.41, 5.74) is 6.71. The highest BCUT2D eigenvalue weighted by molar-refractivity contribution is 5.85. The molecule has 0 aliphatic rings. The standard InChI is InChI=1S/C12H16N4O2.ClH/c1-7(2)10(13)12-15-11(16-18-12)8-4-5-9(17-3)14-6-8;/h4-7,10H,13H2,1-3H3;1H/t10-;/m0./s1. The summed E-state index contributed by atoms with van der Waals surface area (Å²) >= 11 is 0. The number of hydrogen-bond donors (Lipinski definition) is 1. The van der Waals surface area contributed by atoms with Gasteiger partial charge in [-0.05, 0) is 12.0 Å². The second-order valence-corrected chi connectivity index (χ2v) is 4.32. The number of nitrogens with two attached hydrogens (primary N) is 1. The van der Waals surface area contributed by atoms with E-state index in [1.165, 1.54) is 0 Å². The molecule has 0 amide bonds. The molecule has 2 rings (SSSR count). The molecule has 0 unspecified atom stereocenters. The molecule has 0 bridgehead atoms. The van der Waals surface area contributed by atoms with E-state index in [1.807, 2.05) is 19.9 Å². The Balaban J connectivity index is 0.00000180. The molecule has 0 aromatic carbocycles. The van der Waals surface area contributed by atoms with Crippen LogP contribution in [0, 0.1) is 5.92 Å². The second-order valence-electron chi connectivity index (χ2n) is 4.32. The molecular weight excluding hydrogens is 268 g/mol. The predicted molar refractivity (Wildman–Crippen MR) is 73.1 cm³/mol. The number of nitrogens with zero attached hydrogens (tertiary/aromatic N) is 3. The Kier molecular flexibility index (Phi) is 5.26. The maximum atomic E-state index is 5.94. The van der Waals surface area contributed by atoms with E-state index in [9.17, 15) is 0 Å². The Morgan fingerprint density at radius 3 is 2.58 bits per heavy atom. The molecule has 1 atom stereocenters. The molecule has 0 radical (unpaired) electrons. The molecule has 2 heterocycles. The van der Waals surface area contributed by atoms with Gasteiger partial charge in [0.25, 0.3) is 0 Å². The molecule has 0 saturated heterocycles. The van der Waals surface area contributed by atoms with Gasteiger partial charge in [0.1, 0.15) is 0 Å². The molecule has 0 fully saturated rings. The minimum absolute atomic E-state index is 0. The number of rotatable bonds is 4. The van der Waals surface area contributed by atoms with E-state index >= 15 is 0 Å². The summed E-state index contributed by atoms with van der Waals surface area (Å²) in [5, 5.41) is 3.90. The second kappa shape index (κ2) is 6.49. The van der Waals surface area contributed by atoms with Gasteiger partial charge in [0.15, 0.2) is 0 Å². The SMILES string of the molecule is COc1ccc(-c2noc([C@@H](N)C(C)C)n2)cn1.Cl. The van der Waals surface area contributed by atoms with Crippen LogP contribution in [0.5, 0.6) is 5.88 Å². The minimum atomic E-state index is -0.252. The van der Waals surface area contributed by atoms with Crippen LogP contribution in [-0.4, -0.2) is 22.2 Å². The van der Waals surface area contributed by atoms with Crippen molar-refractivity contribution in [3.8, 4) is 17.3 Å². The fourth-order valence-electron chi connectivity index (χ4n) is 1.41. The minimum Gasteiger partial charge on any atom is -0.481 e. The zero-order valence-electron chi connectivity index (χ0n) is 11.0. The van der Waals surface area contributed by atoms with Gasteiger partial charge in [-0.25, -0.2) is 4.98 Å². The summed E-state index contributed by atoms with van der Waals surface area (Å²) in [6.07, 6.45) is 1.63. The quantitative estimate of drug-likeness (QED) is 0.926. The third-order valence-corrected chi connectivity index (χ3v) is 2.65. The number of halogens is 1. The fourth-order valence-corrected chi connectivity index (χ4v) is 1.41. The van der Waals surface area contributed by atoms with E-state index in [0.29, 0.717) is 17.6 Å². The van der Waals surface area contributed by atoms with Crippen LogP contribution < -0.4 is 10.5 Å².